The third kappa shape index (κ3) is 6.47. The van der Waals surface area contributed by atoms with Crippen molar-refractivity contribution in [2.45, 2.75) is 44.9 Å². The van der Waals surface area contributed by atoms with Gasteiger partial charge >= 0.3 is 0 Å². The Morgan fingerprint density at radius 2 is 2.08 bits per heavy atom. The second-order valence-corrected chi connectivity index (χ2v) is 3.62. The number of halogens is 1. The molecule has 1 N–H and O–H groups in total. The molecule has 0 aromatic heterocycles. The average molecular weight is 192 g/mol. The first-order chi connectivity index (χ1) is 5.68. The maximum absolute atomic E-state index is 10.9. The molecule has 72 valence electrons. The molecule has 0 rings (SSSR count). The monoisotopic (exact) mass is 191 g/mol. The molecule has 0 spiro atoms. The molecule has 0 radical (unpaired) electrons. The Kier molecular flexibility index (Phi) is 7.26. The van der Waals surface area contributed by atoms with Crippen molar-refractivity contribution >= 4 is 17.5 Å². The van der Waals surface area contributed by atoms with Gasteiger partial charge in [-0.3, -0.25) is 4.79 Å². The van der Waals surface area contributed by atoms with E-state index >= 15 is 0 Å². The molecule has 0 aromatic carbocycles. The van der Waals surface area contributed by atoms with E-state index in [9.17, 15) is 4.79 Å². The number of carbonyl (C=O) groups is 1. The molecule has 0 saturated carbocycles. The molecule has 0 aliphatic carbocycles. The second kappa shape index (κ2) is 7.41. The first-order valence-corrected chi connectivity index (χ1v) is 5.04. The van der Waals surface area contributed by atoms with Crippen LogP contribution in [0, 0.1) is 0 Å². The van der Waals surface area contributed by atoms with E-state index in [0.29, 0.717) is 0 Å². The van der Waals surface area contributed by atoms with E-state index in [4.69, 9.17) is 11.6 Å². The van der Waals surface area contributed by atoms with Crippen LogP contribution >= 0.6 is 11.6 Å². The smallest absolute Gasteiger partial charge is 0.237 e. The number of alkyl halides is 1. The fourth-order valence-electron chi connectivity index (χ4n) is 0.904. The zero-order chi connectivity index (χ0) is 9.40. The van der Waals surface area contributed by atoms with Crippen LogP contribution in [0.5, 0.6) is 0 Å². The van der Waals surface area contributed by atoms with Gasteiger partial charge < -0.3 is 5.32 Å². The molecular weight excluding hydrogens is 174 g/mol. The van der Waals surface area contributed by atoms with Gasteiger partial charge in [0.05, 0.1) is 0 Å². The molecule has 3 heteroatoms. The van der Waals surface area contributed by atoms with Crippen molar-refractivity contribution in [1.29, 1.82) is 0 Å². The summed E-state index contributed by atoms with van der Waals surface area (Å²) in [5.41, 5.74) is 0. The average Bonchev–Trinajstić information content (AvgIpc) is 2.03. The lowest BCUT2D eigenvalue weighted by atomic mass is 10.2. The highest BCUT2D eigenvalue weighted by Crippen LogP contribution is 1.98. The van der Waals surface area contributed by atoms with Gasteiger partial charge in [0.2, 0.25) is 5.91 Å². The third-order valence-corrected chi connectivity index (χ3v) is 1.89. The summed E-state index contributed by atoms with van der Waals surface area (Å²) in [5, 5.41) is 2.36. The lowest BCUT2D eigenvalue weighted by Gasteiger charge is -2.05. The van der Waals surface area contributed by atoms with E-state index in [1.54, 1.807) is 6.92 Å². The van der Waals surface area contributed by atoms with E-state index in [-0.39, 0.29) is 5.91 Å². The molecule has 0 fully saturated rings. The fourth-order valence-corrected chi connectivity index (χ4v) is 0.981. The predicted molar refractivity (Wildman–Crippen MR) is 52.5 cm³/mol. The molecule has 0 aliphatic rings. The van der Waals surface area contributed by atoms with E-state index < -0.39 is 5.38 Å². The fraction of sp³-hybridized carbons (Fsp3) is 0.889. The molecule has 0 aliphatic heterocycles. The van der Waals surface area contributed by atoms with Crippen molar-refractivity contribution in [1.82, 2.24) is 5.32 Å². The number of rotatable bonds is 6. The minimum atomic E-state index is -0.406. The van der Waals surface area contributed by atoms with E-state index in [1.807, 2.05) is 0 Å². The first-order valence-electron chi connectivity index (χ1n) is 4.60. The van der Waals surface area contributed by atoms with Gasteiger partial charge in [-0.05, 0) is 13.3 Å². The Morgan fingerprint density at radius 3 is 2.58 bits per heavy atom. The normalized spacial score (nSPS) is 12.6. The molecule has 0 saturated heterocycles. The minimum absolute atomic E-state index is 0.0619. The summed E-state index contributed by atoms with van der Waals surface area (Å²) in [6, 6.07) is 0. The highest BCUT2D eigenvalue weighted by Gasteiger charge is 2.06. The van der Waals surface area contributed by atoms with Gasteiger partial charge in [-0.15, -0.1) is 11.6 Å². The summed E-state index contributed by atoms with van der Waals surface area (Å²) < 4.78 is 0. The van der Waals surface area contributed by atoms with Crippen LogP contribution < -0.4 is 5.32 Å². The largest absolute Gasteiger partial charge is 0.355 e. The van der Waals surface area contributed by atoms with Gasteiger partial charge in [0.25, 0.3) is 0 Å². The Labute approximate surface area is 79.7 Å². The number of amides is 1. The Bertz CT molecular complexity index is 126. The second-order valence-electron chi connectivity index (χ2n) is 2.97. The SMILES string of the molecule is CCCCCCNC(=O)[C@@H](C)Cl. The van der Waals surface area contributed by atoms with E-state index in [0.717, 1.165) is 13.0 Å². The topological polar surface area (TPSA) is 29.1 Å². The van der Waals surface area contributed by atoms with Gasteiger partial charge in [-0.25, -0.2) is 0 Å². The number of unbranched alkanes of at least 4 members (excludes halogenated alkanes) is 3. The van der Waals surface area contributed by atoms with Gasteiger partial charge in [0, 0.05) is 6.54 Å². The maximum Gasteiger partial charge on any atom is 0.237 e. The summed E-state index contributed by atoms with van der Waals surface area (Å²) in [6.45, 7) is 4.61. The minimum Gasteiger partial charge on any atom is -0.355 e. The lowest BCUT2D eigenvalue weighted by Crippen LogP contribution is -2.30. The van der Waals surface area contributed by atoms with Gasteiger partial charge in [-0.2, -0.15) is 0 Å². The van der Waals surface area contributed by atoms with Gasteiger partial charge in [-0.1, -0.05) is 26.2 Å². The van der Waals surface area contributed by atoms with Crippen LogP contribution in [-0.4, -0.2) is 17.8 Å². The Morgan fingerprint density at radius 1 is 1.42 bits per heavy atom. The van der Waals surface area contributed by atoms with Gasteiger partial charge in [0.1, 0.15) is 5.38 Å². The lowest BCUT2D eigenvalue weighted by molar-refractivity contribution is -0.120. The van der Waals surface area contributed by atoms with Crippen LogP contribution in [0.25, 0.3) is 0 Å². The molecular formula is C9H18ClNO. The summed E-state index contributed by atoms with van der Waals surface area (Å²) in [5.74, 6) is -0.0619. The first kappa shape index (κ1) is 11.8. The molecule has 0 heterocycles. The quantitative estimate of drug-likeness (QED) is 0.507. The Hall–Kier alpha value is -0.240. The zero-order valence-corrected chi connectivity index (χ0v) is 8.66. The van der Waals surface area contributed by atoms with E-state index in [1.165, 1.54) is 19.3 Å². The molecule has 0 unspecified atom stereocenters. The number of hydrogen-bond acceptors (Lipinski definition) is 1. The number of carbonyl (C=O) groups excluding carboxylic acids is 1. The van der Waals surface area contributed by atoms with Crippen LogP contribution in [0.1, 0.15) is 39.5 Å². The highest BCUT2D eigenvalue weighted by molar-refractivity contribution is 6.30. The van der Waals surface area contributed by atoms with Crippen molar-refractivity contribution in [2.24, 2.45) is 0 Å². The van der Waals surface area contributed by atoms with Crippen molar-refractivity contribution < 1.29 is 4.79 Å². The molecule has 1 atom stereocenters. The van der Waals surface area contributed by atoms with Crippen molar-refractivity contribution in [3.63, 3.8) is 0 Å². The third-order valence-electron chi connectivity index (χ3n) is 1.69. The van der Waals surface area contributed by atoms with Crippen molar-refractivity contribution in [2.75, 3.05) is 6.54 Å². The van der Waals surface area contributed by atoms with Crippen molar-refractivity contribution in [3.05, 3.63) is 0 Å². The van der Waals surface area contributed by atoms with Crippen LogP contribution in [0.4, 0.5) is 0 Å². The van der Waals surface area contributed by atoms with Crippen LogP contribution in [0.15, 0.2) is 0 Å². The highest BCUT2D eigenvalue weighted by atomic mass is 35.5. The van der Waals surface area contributed by atoms with Crippen LogP contribution in [-0.2, 0) is 4.79 Å². The summed E-state index contributed by atoms with van der Waals surface area (Å²) in [6.07, 6.45) is 4.71. The molecule has 1 amide bonds. The van der Waals surface area contributed by atoms with Crippen molar-refractivity contribution in [3.8, 4) is 0 Å². The number of nitrogens with one attached hydrogen (secondary N) is 1. The van der Waals surface area contributed by atoms with E-state index in [2.05, 4.69) is 12.2 Å². The maximum atomic E-state index is 10.9. The summed E-state index contributed by atoms with van der Waals surface area (Å²) in [4.78, 5) is 10.9. The van der Waals surface area contributed by atoms with Gasteiger partial charge in [0.15, 0.2) is 0 Å². The standard InChI is InChI=1S/C9H18ClNO/c1-3-4-5-6-7-11-9(12)8(2)10/h8H,3-7H2,1-2H3,(H,11,12)/t8-/m1/s1. The molecule has 2 nitrogen and oxygen atoms in total. The van der Waals surface area contributed by atoms with Crippen LogP contribution in [0.2, 0.25) is 0 Å². The summed E-state index contributed by atoms with van der Waals surface area (Å²) in [7, 11) is 0. The summed E-state index contributed by atoms with van der Waals surface area (Å²) >= 11 is 5.56. The Balaban J connectivity index is 3.14. The number of hydrogen-bond donors (Lipinski definition) is 1. The van der Waals surface area contributed by atoms with Crippen LogP contribution in [0.3, 0.4) is 0 Å². The molecule has 12 heavy (non-hydrogen) atoms. The zero-order valence-electron chi connectivity index (χ0n) is 7.90. The molecule has 0 aromatic rings. The predicted octanol–water partition coefficient (Wildman–Crippen LogP) is 2.31. The molecule has 0 bridgehead atoms.